The van der Waals surface area contributed by atoms with E-state index in [0.717, 1.165) is 0 Å². The number of benzene rings is 2. The van der Waals surface area contributed by atoms with E-state index in [9.17, 15) is 29.7 Å². The molecule has 3 aliphatic carbocycles. The molecule has 10 nitrogen and oxygen atoms in total. The molecule has 3 aliphatic rings. The molecule has 1 fully saturated rings. The molecule has 2 radical (unpaired) electrons. The van der Waals surface area contributed by atoms with Crippen molar-refractivity contribution < 1.29 is 34.4 Å². The topological polar surface area (TPSA) is 162 Å². The number of phenols is 1. The Hall–Kier alpha value is -4.67. The summed E-state index contributed by atoms with van der Waals surface area (Å²) < 4.78 is 5.27. The summed E-state index contributed by atoms with van der Waals surface area (Å²) in [6.07, 6.45) is -0.222. The molecule has 0 aromatic heterocycles. The summed E-state index contributed by atoms with van der Waals surface area (Å²) in [5.74, 6) is -3.99. The quantitative estimate of drug-likeness (QED) is 0.289. The first-order valence-corrected chi connectivity index (χ1v) is 12.7. The molecule has 0 aliphatic heterocycles. The molecular formula is C29H28BN3O7. The normalized spacial score (nSPS) is 21.8. The Labute approximate surface area is 231 Å². The second-order valence-corrected chi connectivity index (χ2v) is 10.5. The third-order valence-corrected chi connectivity index (χ3v) is 7.75. The summed E-state index contributed by atoms with van der Waals surface area (Å²) in [5.41, 5.74) is 7.12. The monoisotopic (exact) mass is 541 g/mol. The van der Waals surface area contributed by atoms with Gasteiger partial charge in [-0.25, -0.2) is 4.79 Å². The minimum Gasteiger partial charge on any atom is -0.511 e. The van der Waals surface area contributed by atoms with E-state index in [0.29, 0.717) is 23.1 Å². The Morgan fingerprint density at radius 1 is 1.15 bits per heavy atom. The molecule has 0 bridgehead atoms. The molecule has 0 heterocycles. The number of ketones is 2. The van der Waals surface area contributed by atoms with Crippen LogP contribution in [0.2, 0.25) is 0 Å². The number of hydrogen-bond acceptors (Lipinski definition) is 9. The molecule has 0 saturated heterocycles. The van der Waals surface area contributed by atoms with Crippen molar-refractivity contribution in [3.8, 4) is 11.5 Å². The number of nitrogens with zero attached hydrogens (tertiary/aromatic N) is 1. The lowest BCUT2D eigenvalue weighted by atomic mass is 9.61. The minimum absolute atomic E-state index is 0.00541. The zero-order valence-electron chi connectivity index (χ0n) is 22.0. The van der Waals surface area contributed by atoms with Crippen LogP contribution >= 0.6 is 0 Å². The molecule has 5 rings (SSSR count). The van der Waals surface area contributed by atoms with Crippen LogP contribution in [0, 0.1) is 17.8 Å². The van der Waals surface area contributed by atoms with Crippen molar-refractivity contribution in [3.63, 3.8) is 0 Å². The van der Waals surface area contributed by atoms with Gasteiger partial charge in [-0.1, -0.05) is 24.2 Å². The largest absolute Gasteiger partial charge is 0.511 e. The van der Waals surface area contributed by atoms with E-state index in [1.54, 1.807) is 37.2 Å². The number of anilines is 2. The Morgan fingerprint density at radius 3 is 2.45 bits per heavy atom. The average molecular weight is 541 g/mol. The first-order valence-electron chi connectivity index (χ1n) is 12.7. The average Bonchev–Trinajstić information content (AvgIpc) is 2.86. The maximum Gasteiger partial charge on any atom is 0.417 e. The highest BCUT2D eigenvalue weighted by atomic mass is 16.6. The second-order valence-electron chi connectivity index (χ2n) is 10.5. The van der Waals surface area contributed by atoms with Gasteiger partial charge < -0.3 is 30.7 Å². The van der Waals surface area contributed by atoms with Crippen molar-refractivity contribution in [2.45, 2.75) is 19.3 Å². The van der Waals surface area contributed by atoms with Gasteiger partial charge in [0.1, 0.15) is 25.1 Å². The lowest BCUT2D eigenvalue weighted by molar-refractivity contribution is -0.126. The van der Waals surface area contributed by atoms with E-state index in [4.69, 9.17) is 18.3 Å². The summed E-state index contributed by atoms with van der Waals surface area (Å²) in [5, 5.41) is 36.1. The molecule has 0 spiro atoms. The Balaban J connectivity index is 1.57. The number of rotatable bonds is 4. The van der Waals surface area contributed by atoms with Crippen LogP contribution in [0.4, 0.5) is 16.2 Å². The fourth-order valence-electron chi connectivity index (χ4n) is 6.04. The van der Waals surface area contributed by atoms with E-state index in [1.165, 1.54) is 12.1 Å². The van der Waals surface area contributed by atoms with Crippen LogP contribution in [0.25, 0.3) is 5.76 Å². The molecule has 1 amide bonds. The maximum atomic E-state index is 13.7. The van der Waals surface area contributed by atoms with Crippen LogP contribution in [0.5, 0.6) is 11.5 Å². The fraction of sp³-hybridized carbons (Fsp3) is 0.276. The van der Waals surface area contributed by atoms with E-state index in [-0.39, 0.29) is 52.5 Å². The number of fused-ring (bicyclic) bond motifs is 3. The molecule has 11 heteroatoms. The van der Waals surface area contributed by atoms with E-state index in [1.807, 2.05) is 0 Å². The van der Waals surface area contributed by atoms with Gasteiger partial charge >= 0.3 is 6.09 Å². The Morgan fingerprint density at radius 2 is 1.82 bits per heavy atom. The highest BCUT2D eigenvalue weighted by molar-refractivity contribution is 6.32. The van der Waals surface area contributed by atoms with Gasteiger partial charge in [-0.3, -0.25) is 14.9 Å². The van der Waals surface area contributed by atoms with Crippen LogP contribution in [-0.4, -0.2) is 54.9 Å². The molecular weight excluding hydrogens is 513 g/mol. The van der Waals surface area contributed by atoms with Gasteiger partial charge in [0.05, 0.1) is 22.7 Å². The van der Waals surface area contributed by atoms with Crippen molar-refractivity contribution in [2.75, 3.05) is 24.3 Å². The summed E-state index contributed by atoms with van der Waals surface area (Å²) in [6.45, 7) is 3.55. The molecule has 2 aromatic carbocycles. The molecule has 6 N–H and O–H groups in total. The summed E-state index contributed by atoms with van der Waals surface area (Å²) in [4.78, 5) is 40.8. The lowest BCUT2D eigenvalue weighted by Gasteiger charge is -2.42. The Kier molecular flexibility index (Phi) is 6.61. The van der Waals surface area contributed by atoms with Gasteiger partial charge in [0, 0.05) is 37.5 Å². The summed E-state index contributed by atoms with van der Waals surface area (Å²) in [6, 6.07) is 7.72. The highest BCUT2D eigenvalue weighted by Crippen LogP contribution is 2.53. The first-order chi connectivity index (χ1) is 18.9. The number of Topliss-reactive ketones (excluding diaryl/α,β-unsaturated/α-hetero) is 2. The van der Waals surface area contributed by atoms with Gasteiger partial charge in [0.2, 0.25) is 0 Å². The van der Waals surface area contributed by atoms with Gasteiger partial charge in [-0.05, 0) is 48.4 Å². The zero-order valence-corrected chi connectivity index (χ0v) is 22.0. The molecule has 1 unspecified atom stereocenters. The molecule has 40 heavy (non-hydrogen) atoms. The number of phenolic OH excluding ortho intramolecular Hbond substituents is 1. The van der Waals surface area contributed by atoms with Crippen molar-refractivity contribution in [3.05, 3.63) is 70.6 Å². The second kappa shape index (κ2) is 9.82. The van der Waals surface area contributed by atoms with Crippen LogP contribution in [0.1, 0.15) is 24.0 Å². The zero-order chi connectivity index (χ0) is 29.0. The van der Waals surface area contributed by atoms with Crippen molar-refractivity contribution in [1.29, 1.82) is 0 Å². The summed E-state index contributed by atoms with van der Waals surface area (Å²) in [7, 11) is 9.20. The van der Waals surface area contributed by atoms with Gasteiger partial charge in [0.15, 0.2) is 17.3 Å². The number of allylic oxidation sites excluding steroid dienone is 3. The predicted molar refractivity (Wildman–Crippen MR) is 150 cm³/mol. The number of hydrogen-bond donors (Lipinski definition) is 5. The number of aliphatic hydroxyl groups is 2. The van der Waals surface area contributed by atoms with Crippen LogP contribution in [-0.2, 0) is 16.0 Å². The highest BCUT2D eigenvalue weighted by Gasteiger charge is 2.50. The van der Waals surface area contributed by atoms with Crippen molar-refractivity contribution >= 4 is 48.1 Å². The maximum absolute atomic E-state index is 13.7. The minimum atomic E-state index is -1.06. The summed E-state index contributed by atoms with van der Waals surface area (Å²) >= 11 is 0. The molecule has 3 atom stereocenters. The van der Waals surface area contributed by atoms with Crippen LogP contribution in [0.3, 0.4) is 0 Å². The first kappa shape index (κ1) is 26.9. The van der Waals surface area contributed by atoms with Crippen LogP contribution < -0.4 is 26.2 Å². The smallest absolute Gasteiger partial charge is 0.417 e. The third-order valence-electron chi connectivity index (χ3n) is 7.75. The number of nitrogens with one attached hydrogen (secondary N) is 1. The number of aliphatic hydroxyl groups excluding tert-OH is 2. The van der Waals surface area contributed by atoms with E-state index >= 15 is 0 Å². The molecule has 204 valence electrons. The number of ether oxygens (including phenoxy) is 1. The Bertz CT molecular complexity index is 1540. The van der Waals surface area contributed by atoms with Gasteiger partial charge in [-0.15, -0.1) is 0 Å². The standard InChI is InChI=1S/C29H28BN3O7/c1-12(31)21-20(34)10-14-8-13-9-17-19(33(2)3)11-18(32-29(39)40-16-6-4-15(30)5-7-16)25(35)24(17)28(38)22(13)27(37)23(14)26(21)36/h4-7,11,13-14,23,35-36,38H,1,8-10,31H2,2-3H3,(H,32,39)/t13-,14+,23?/m1/s1. The van der Waals surface area contributed by atoms with E-state index < -0.39 is 46.9 Å². The fourth-order valence-corrected chi connectivity index (χ4v) is 6.04. The number of carbonyl (C=O) groups is 3. The van der Waals surface area contributed by atoms with Crippen molar-refractivity contribution in [1.82, 2.24) is 0 Å². The number of aromatic hydroxyl groups is 1. The predicted octanol–water partition coefficient (Wildman–Crippen LogP) is 2.77. The molecule has 1 saturated carbocycles. The van der Waals surface area contributed by atoms with Gasteiger partial charge in [0.25, 0.3) is 0 Å². The number of carbonyl (C=O) groups excluding carboxylic acids is 3. The van der Waals surface area contributed by atoms with E-state index in [2.05, 4.69) is 11.9 Å². The SMILES string of the molecule is [B]c1ccc(OC(=O)Nc2cc(N(C)C)c3c(c2O)C(O)=C2C(=O)C4C(O)=C(C(=C)N)C(=O)C[C@@H]4C[C@@H]2C3)cc1. The molecule has 2 aromatic rings. The van der Waals surface area contributed by atoms with Gasteiger partial charge in [-0.2, -0.15) is 0 Å². The number of nitrogens with two attached hydrogens (primary N) is 1. The van der Waals surface area contributed by atoms with Crippen molar-refractivity contribution in [2.24, 2.45) is 23.5 Å². The number of amides is 1. The third kappa shape index (κ3) is 4.37. The van der Waals surface area contributed by atoms with Crippen LogP contribution in [0.15, 0.2) is 59.5 Å². The lowest BCUT2D eigenvalue weighted by Crippen LogP contribution is -2.43.